The molecule has 0 aliphatic heterocycles. The number of hydrogen-bond donors (Lipinski definition) is 1. The minimum Gasteiger partial charge on any atom is -0.488 e. The Kier molecular flexibility index (Phi) is 5.40. The summed E-state index contributed by atoms with van der Waals surface area (Å²) in [6.45, 7) is 6.95. The molecular formula is C19H25NO. The van der Waals surface area contributed by atoms with E-state index in [1.165, 1.54) is 11.1 Å². The lowest BCUT2D eigenvalue weighted by Crippen LogP contribution is -2.11. The van der Waals surface area contributed by atoms with Gasteiger partial charge in [-0.2, -0.15) is 0 Å². The molecule has 112 valence electrons. The highest BCUT2D eigenvalue weighted by molar-refractivity contribution is 5.44. The van der Waals surface area contributed by atoms with Gasteiger partial charge < -0.3 is 10.5 Å². The Bertz CT molecular complexity index is 554. The van der Waals surface area contributed by atoms with E-state index < -0.39 is 0 Å². The van der Waals surface area contributed by atoms with Gasteiger partial charge >= 0.3 is 0 Å². The Morgan fingerprint density at radius 2 is 1.67 bits per heavy atom. The molecular weight excluding hydrogens is 258 g/mol. The number of rotatable bonds is 6. The quantitative estimate of drug-likeness (QED) is 0.835. The zero-order valence-electron chi connectivity index (χ0n) is 13.2. The molecule has 0 bridgehead atoms. The normalized spacial score (nSPS) is 12.2. The van der Waals surface area contributed by atoms with Crippen molar-refractivity contribution in [2.75, 3.05) is 0 Å². The van der Waals surface area contributed by atoms with Crippen molar-refractivity contribution in [3.05, 3.63) is 64.7 Å². The second kappa shape index (κ2) is 7.28. The Hall–Kier alpha value is -1.80. The molecule has 0 aliphatic carbocycles. The smallest absolute Gasteiger partial charge is 0.125 e. The maximum absolute atomic E-state index is 6.22. The summed E-state index contributed by atoms with van der Waals surface area (Å²) in [5, 5.41) is 0. The van der Waals surface area contributed by atoms with Gasteiger partial charge in [0.25, 0.3) is 0 Å². The number of hydrogen-bond acceptors (Lipinski definition) is 2. The van der Waals surface area contributed by atoms with Gasteiger partial charge in [-0.3, -0.25) is 0 Å². The highest BCUT2D eigenvalue weighted by Crippen LogP contribution is 2.28. The van der Waals surface area contributed by atoms with Crippen LogP contribution in [0, 0.1) is 13.8 Å². The van der Waals surface area contributed by atoms with Gasteiger partial charge in [-0.05, 0) is 42.5 Å². The van der Waals surface area contributed by atoms with Crippen molar-refractivity contribution in [1.29, 1.82) is 0 Å². The van der Waals surface area contributed by atoms with Gasteiger partial charge in [-0.25, -0.2) is 0 Å². The van der Waals surface area contributed by atoms with Gasteiger partial charge in [0, 0.05) is 6.04 Å². The molecule has 2 heteroatoms. The van der Waals surface area contributed by atoms with Gasteiger partial charge in [0.2, 0.25) is 0 Å². The largest absolute Gasteiger partial charge is 0.488 e. The van der Waals surface area contributed by atoms with Crippen LogP contribution in [0.25, 0.3) is 0 Å². The first-order chi connectivity index (χ1) is 10.1. The molecule has 2 N–H and O–H groups in total. The van der Waals surface area contributed by atoms with E-state index in [2.05, 4.69) is 45.0 Å². The molecule has 1 atom stereocenters. The Morgan fingerprint density at radius 1 is 1.05 bits per heavy atom. The SMILES string of the molecule is CCC[C@H](N)c1cc(C)c(OCc2ccccc2)c(C)c1. The third-order valence-corrected chi connectivity index (χ3v) is 3.74. The van der Waals surface area contributed by atoms with E-state index in [4.69, 9.17) is 10.5 Å². The molecule has 0 amide bonds. The van der Waals surface area contributed by atoms with Crippen LogP contribution in [0.4, 0.5) is 0 Å². The molecule has 0 saturated heterocycles. The molecule has 0 radical (unpaired) electrons. The zero-order chi connectivity index (χ0) is 15.2. The maximum Gasteiger partial charge on any atom is 0.125 e. The summed E-state index contributed by atoms with van der Waals surface area (Å²) in [6.07, 6.45) is 2.12. The summed E-state index contributed by atoms with van der Waals surface area (Å²) in [5.41, 5.74) is 10.9. The van der Waals surface area contributed by atoms with Crippen LogP contribution in [0.15, 0.2) is 42.5 Å². The van der Waals surface area contributed by atoms with Gasteiger partial charge in [-0.1, -0.05) is 55.8 Å². The monoisotopic (exact) mass is 283 g/mol. The van der Waals surface area contributed by atoms with Crippen LogP contribution in [0.5, 0.6) is 5.75 Å². The molecule has 2 nitrogen and oxygen atoms in total. The highest BCUT2D eigenvalue weighted by Gasteiger charge is 2.11. The van der Waals surface area contributed by atoms with Gasteiger partial charge in [0.15, 0.2) is 0 Å². The average Bonchev–Trinajstić information content (AvgIpc) is 2.47. The van der Waals surface area contributed by atoms with E-state index in [0.717, 1.165) is 29.7 Å². The van der Waals surface area contributed by atoms with E-state index in [1.54, 1.807) is 0 Å². The summed E-state index contributed by atoms with van der Waals surface area (Å²) in [7, 11) is 0. The van der Waals surface area contributed by atoms with Crippen LogP contribution >= 0.6 is 0 Å². The number of ether oxygens (including phenoxy) is 1. The summed E-state index contributed by atoms with van der Waals surface area (Å²) < 4.78 is 6.01. The van der Waals surface area contributed by atoms with Crippen molar-refractivity contribution >= 4 is 0 Å². The molecule has 2 aromatic rings. The van der Waals surface area contributed by atoms with E-state index in [9.17, 15) is 0 Å². The number of aryl methyl sites for hydroxylation is 2. The summed E-state index contributed by atoms with van der Waals surface area (Å²) >= 11 is 0. The molecule has 2 rings (SSSR count). The molecule has 0 spiro atoms. The van der Waals surface area contributed by atoms with Gasteiger partial charge in [0.1, 0.15) is 12.4 Å². The predicted molar refractivity (Wildman–Crippen MR) is 88.5 cm³/mol. The molecule has 0 heterocycles. The van der Waals surface area contributed by atoms with E-state index in [0.29, 0.717) is 6.61 Å². The van der Waals surface area contributed by atoms with Crippen molar-refractivity contribution in [3.8, 4) is 5.75 Å². The van der Waals surface area contributed by atoms with Crippen molar-refractivity contribution < 1.29 is 4.74 Å². The zero-order valence-corrected chi connectivity index (χ0v) is 13.2. The second-order valence-electron chi connectivity index (χ2n) is 5.65. The average molecular weight is 283 g/mol. The van der Waals surface area contributed by atoms with Crippen LogP contribution in [0.2, 0.25) is 0 Å². The minimum atomic E-state index is 0.121. The van der Waals surface area contributed by atoms with Crippen molar-refractivity contribution in [2.24, 2.45) is 5.73 Å². The van der Waals surface area contributed by atoms with Crippen molar-refractivity contribution in [3.63, 3.8) is 0 Å². The third-order valence-electron chi connectivity index (χ3n) is 3.74. The summed E-state index contributed by atoms with van der Waals surface area (Å²) in [6, 6.07) is 14.7. The molecule has 21 heavy (non-hydrogen) atoms. The lowest BCUT2D eigenvalue weighted by Gasteiger charge is -2.17. The van der Waals surface area contributed by atoms with E-state index in [-0.39, 0.29) is 6.04 Å². The van der Waals surface area contributed by atoms with Crippen LogP contribution in [-0.4, -0.2) is 0 Å². The fourth-order valence-electron chi connectivity index (χ4n) is 2.63. The van der Waals surface area contributed by atoms with Crippen LogP contribution in [0.1, 0.15) is 48.1 Å². The van der Waals surface area contributed by atoms with Crippen LogP contribution in [-0.2, 0) is 6.61 Å². The number of nitrogens with two attached hydrogens (primary N) is 1. The fourth-order valence-corrected chi connectivity index (χ4v) is 2.63. The Labute approximate surface area is 127 Å². The molecule has 0 saturated carbocycles. The predicted octanol–water partition coefficient (Wildman–Crippen LogP) is 4.68. The van der Waals surface area contributed by atoms with Gasteiger partial charge in [-0.15, -0.1) is 0 Å². The highest BCUT2D eigenvalue weighted by atomic mass is 16.5. The molecule has 0 aromatic heterocycles. The van der Waals surface area contributed by atoms with Crippen molar-refractivity contribution in [1.82, 2.24) is 0 Å². The topological polar surface area (TPSA) is 35.2 Å². The summed E-state index contributed by atoms with van der Waals surface area (Å²) in [5.74, 6) is 0.978. The first-order valence-corrected chi connectivity index (χ1v) is 7.65. The maximum atomic E-state index is 6.22. The molecule has 0 fully saturated rings. The Balaban J connectivity index is 2.13. The Morgan fingerprint density at radius 3 is 2.24 bits per heavy atom. The first-order valence-electron chi connectivity index (χ1n) is 7.65. The summed E-state index contributed by atoms with van der Waals surface area (Å²) in [4.78, 5) is 0. The number of benzene rings is 2. The standard InChI is InChI=1S/C19H25NO/c1-4-8-18(20)17-11-14(2)19(15(3)12-17)21-13-16-9-6-5-7-10-16/h5-7,9-12,18H,4,8,13,20H2,1-3H3/t18-/m0/s1. The van der Waals surface area contributed by atoms with E-state index in [1.807, 2.05) is 18.2 Å². The first kappa shape index (κ1) is 15.6. The van der Waals surface area contributed by atoms with Crippen LogP contribution < -0.4 is 10.5 Å². The fraction of sp³-hybridized carbons (Fsp3) is 0.368. The molecule has 0 aliphatic rings. The lowest BCUT2D eigenvalue weighted by atomic mass is 9.98. The third kappa shape index (κ3) is 4.08. The second-order valence-corrected chi connectivity index (χ2v) is 5.65. The lowest BCUT2D eigenvalue weighted by molar-refractivity contribution is 0.302. The van der Waals surface area contributed by atoms with Crippen LogP contribution in [0.3, 0.4) is 0 Å². The molecule has 2 aromatic carbocycles. The molecule has 0 unspecified atom stereocenters. The van der Waals surface area contributed by atoms with Gasteiger partial charge in [0.05, 0.1) is 0 Å². The van der Waals surface area contributed by atoms with E-state index >= 15 is 0 Å². The minimum absolute atomic E-state index is 0.121. The van der Waals surface area contributed by atoms with Crippen molar-refractivity contribution in [2.45, 2.75) is 46.3 Å².